The lowest BCUT2D eigenvalue weighted by molar-refractivity contribution is -0.976. The Morgan fingerprint density at radius 3 is 2.08 bits per heavy atom. The number of rotatable bonds is 3. The molecule has 0 unspecified atom stereocenters. The lowest BCUT2D eigenvalue weighted by Crippen LogP contribution is -2.59. The maximum atomic E-state index is 5.62. The van der Waals surface area contributed by atoms with Crippen LogP contribution in [0.15, 0.2) is 0 Å². The van der Waals surface area contributed by atoms with Crippen LogP contribution in [0.4, 0.5) is 0 Å². The molecular formula is C11H24NO+. The Kier molecular flexibility index (Phi) is 3.36. The fraction of sp³-hybridized carbons (Fsp3) is 1.00. The molecule has 1 rings (SSSR count). The van der Waals surface area contributed by atoms with Crippen LogP contribution in [0.25, 0.3) is 0 Å². The zero-order chi connectivity index (χ0) is 9.95. The molecule has 2 heteroatoms. The van der Waals surface area contributed by atoms with Gasteiger partial charge in [0.1, 0.15) is 0 Å². The van der Waals surface area contributed by atoms with E-state index in [0.717, 1.165) is 17.8 Å². The second-order valence-corrected chi connectivity index (χ2v) is 5.09. The fourth-order valence-corrected chi connectivity index (χ4v) is 2.20. The Labute approximate surface area is 82.5 Å². The predicted octanol–water partition coefficient (Wildman–Crippen LogP) is 2.39. The number of hydrogen-bond donors (Lipinski definition) is 0. The van der Waals surface area contributed by atoms with Crippen molar-refractivity contribution >= 4 is 0 Å². The van der Waals surface area contributed by atoms with Gasteiger partial charge in [-0.2, -0.15) is 0 Å². The third kappa shape index (κ3) is 2.23. The first-order chi connectivity index (χ1) is 6.02. The van der Waals surface area contributed by atoms with Crippen LogP contribution in [0.1, 0.15) is 40.5 Å². The summed E-state index contributed by atoms with van der Waals surface area (Å²) in [6.45, 7) is 13.4. The van der Waals surface area contributed by atoms with E-state index in [1.165, 1.54) is 25.9 Å². The quantitative estimate of drug-likeness (QED) is 0.615. The molecule has 0 bridgehead atoms. The van der Waals surface area contributed by atoms with Crippen molar-refractivity contribution in [1.82, 2.24) is 0 Å². The van der Waals surface area contributed by atoms with Gasteiger partial charge in [-0.3, -0.25) is 4.48 Å². The first-order valence-corrected chi connectivity index (χ1v) is 5.46. The molecule has 1 heterocycles. The molecule has 0 atom stereocenters. The molecule has 13 heavy (non-hydrogen) atoms. The summed E-state index contributed by atoms with van der Waals surface area (Å²) in [4.78, 5) is 0. The molecule has 0 radical (unpaired) electrons. The summed E-state index contributed by atoms with van der Waals surface area (Å²) in [6.07, 6.45) is 2.73. The molecule has 0 aromatic carbocycles. The predicted molar refractivity (Wildman–Crippen MR) is 55.5 cm³/mol. The molecule has 0 saturated carbocycles. The SMILES string of the molecule is CCOC[N+]1(C(C)(C)C)CCCC1. The molecule has 0 N–H and O–H groups in total. The minimum atomic E-state index is 0.339. The van der Waals surface area contributed by atoms with Gasteiger partial charge in [0.2, 0.25) is 0 Å². The first-order valence-electron chi connectivity index (χ1n) is 5.46. The van der Waals surface area contributed by atoms with Crippen molar-refractivity contribution in [2.24, 2.45) is 0 Å². The molecule has 0 aliphatic carbocycles. The summed E-state index contributed by atoms with van der Waals surface area (Å²) in [6, 6.07) is 0. The van der Waals surface area contributed by atoms with E-state index >= 15 is 0 Å². The van der Waals surface area contributed by atoms with E-state index in [1.807, 2.05) is 0 Å². The monoisotopic (exact) mass is 186 g/mol. The average molecular weight is 186 g/mol. The highest BCUT2D eigenvalue weighted by Gasteiger charge is 2.42. The Balaban J connectivity index is 2.64. The van der Waals surface area contributed by atoms with Crippen LogP contribution < -0.4 is 0 Å². The highest BCUT2D eigenvalue weighted by molar-refractivity contribution is 4.67. The Morgan fingerprint density at radius 2 is 1.69 bits per heavy atom. The topological polar surface area (TPSA) is 9.23 Å². The zero-order valence-electron chi connectivity index (χ0n) is 9.60. The number of hydrogen-bond acceptors (Lipinski definition) is 1. The standard InChI is InChI=1S/C11H24NO/c1-5-13-10-12(11(2,3)4)8-6-7-9-12/h5-10H2,1-4H3/q+1. The van der Waals surface area contributed by atoms with Crippen molar-refractivity contribution in [1.29, 1.82) is 0 Å². The van der Waals surface area contributed by atoms with Crippen LogP contribution in [-0.4, -0.2) is 36.4 Å². The largest absolute Gasteiger partial charge is 0.332 e. The van der Waals surface area contributed by atoms with Crippen LogP contribution in [-0.2, 0) is 4.74 Å². The molecule has 2 nitrogen and oxygen atoms in total. The number of ether oxygens (including phenoxy) is 1. The maximum Gasteiger partial charge on any atom is 0.183 e. The van der Waals surface area contributed by atoms with E-state index in [2.05, 4.69) is 27.7 Å². The first kappa shape index (κ1) is 11.0. The fourth-order valence-electron chi connectivity index (χ4n) is 2.20. The molecule has 1 aliphatic rings. The number of nitrogens with zero attached hydrogens (tertiary/aromatic N) is 1. The van der Waals surface area contributed by atoms with E-state index in [9.17, 15) is 0 Å². The van der Waals surface area contributed by atoms with Crippen LogP contribution in [0.3, 0.4) is 0 Å². The van der Waals surface area contributed by atoms with E-state index in [-0.39, 0.29) is 0 Å². The number of likely N-dealkylation sites (tertiary alicyclic amines) is 1. The normalized spacial score (nSPS) is 22.2. The summed E-state index contributed by atoms with van der Waals surface area (Å²) in [5.41, 5.74) is 0.339. The summed E-state index contributed by atoms with van der Waals surface area (Å²) in [5.74, 6) is 0. The highest BCUT2D eigenvalue weighted by atomic mass is 16.5. The minimum Gasteiger partial charge on any atom is -0.332 e. The van der Waals surface area contributed by atoms with Crippen LogP contribution in [0, 0.1) is 0 Å². The van der Waals surface area contributed by atoms with Crippen molar-refractivity contribution in [2.75, 3.05) is 26.4 Å². The molecule has 1 aliphatic heterocycles. The maximum absolute atomic E-state index is 5.62. The van der Waals surface area contributed by atoms with E-state index in [0.29, 0.717) is 5.54 Å². The van der Waals surface area contributed by atoms with Gasteiger partial charge in [0.15, 0.2) is 6.73 Å². The molecule has 1 saturated heterocycles. The van der Waals surface area contributed by atoms with Crippen molar-refractivity contribution in [3.05, 3.63) is 0 Å². The van der Waals surface area contributed by atoms with Gasteiger partial charge >= 0.3 is 0 Å². The lowest BCUT2D eigenvalue weighted by Gasteiger charge is -2.45. The molecule has 0 aromatic heterocycles. The van der Waals surface area contributed by atoms with Gasteiger partial charge < -0.3 is 4.74 Å². The second-order valence-electron chi connectivity index (χ2n) is 5.09. The molecular weight excluding hydrogens is 162 g/mol. The van der Waals surface area contributed by atoms with Crippen molar-refractivity contribution in [2.45, 2.75) is 46.1 Å². The summed E-state index contributed by atoms with van der Waals surface area (Å²) in [7, 11) is 0. The lowest BCUT2D eigenvalue weighted by atomic mass is 10.0. The average Bonchev–Trinajstić information content (AvgIpc) is 2.48. The van der Waals surface area contributed by atoms with E-state index in [1.54, 1.807) is 0 Å². The third-order valence-corrected chi connectivity index (χ3v) is 3.39. The Hall–Kier alpha value is -0.0800. The summed E-state index contributed by atoms with van der Waals surface area (Å²) >= 11 is 0. The van der Waals surface area contributed by atoms with Gasteiger partial charge in [0.05, 0.1) is 18.6 Å². The van der Waals surface area contributed by atoms with Crippen LogP contribution in [0.2, 0.25) is 0 Å². The minimum absolute atomic E-state index is 0.339. The van der Waals surface area contributed by atoms with Crippen molar-refractivity contribution in [3.63, 3.8) is 0 Å². The van der Waals surface area contributed by atoms with Crippen LogP contribution >= 0.6 is 0 Å². The third-order valence-electron chi connectivity index (χ3n) is 3.39. The molecule has 78 valence electrons. The smallest absolute Gasteiger partial charge is 0.183 e. The van der Waals surface area contributed by atoms with Gasteiger partial charge in [0, 0.05) is 19.4 Å². The Morgan fingerprint density at radius 1 is 1.15 bits per heavy atom. The van der Waals surface area contributed by atoms with Crippen molar-refractivity contribution in [3.8, 4) is 0 Å². The van der Waals surface area contributed by atoms with Gasteiger partial charge in [0.25, 0.3) is 0 Å². The van der Waals surface area contributed by atoms with E-state index < -0.39 is 0 Å². The van der Waals surface area contributed by atoms with Gasteiger partial charge in [-0.25, -0.2) is 0 Å². The van der Waals surface area contributed by atoms with Gasteiger partial charge in [-0.1, -0.05) is 0 Å². The molecule has 1 fully saturated rings. The molecule has 0 aromatic rings. The molecule has 0 spiro atoms. The Bertz CT molecular complexity index is 154. The van der Waals surface area contributed by atoms with Gasteiger partial charge in [-0.05, 0) is 27.7 Å². The highest BCUT2D eigenvalue weighted by Crippen LogP contribution is 2.30. The second kappa shape index (κ2) is 3.97. The van der Waals surface area contributed by atoms with Crippen LogP contribution in [0.5, 0.6) is 0 Å². The zero-order valence-corrected chi connectivity index (χ0v) is 9.60. The summed E-state index contributed by atoms with van der Waals surface area (Å²) < 4.78 is 6.77. The summed E-state index contributed by atoms with van der Waals surface area (Å²) in [5, 5.41) is 0. The van der Waals surface area contributed by atoms with E-state index in [4.69, 9.17) is 4.74 Å². The van der Waals surface area contributed by atoms with Crippen molar-refractivity contribution < 1.29 is 9.22 Å². The molecule has 0 amide bonds. The van der Waals surface area contributed by atoms with Gasteiger partial charge in [-0.15, -0.1) is 0 Å². The number of quaternary nitrogens is 1.